The second kappa shape index (κ2) is 9.14. The Morgan fingerprint density at radius 3 is 2.72 bits per heavy atom. The number of carbonyl (C=O) groups is 1. The Balaban J connectivity index is 1.15. The Kier molecular flexibility index (Phi) is 6.09. The fraction of sp³-hybridized carbons (Fsp3) is 0.385. The number of carbonyl (C=O) groups excluding carboxylic acids is 1. The van der Waals surface area contributed by atoms with Crippen molar-refractivity contribution in [3.05, 3.63) is 81.3 Å². The van der Waals surface area contributed by atoms with Crippen LogP contribution >= 0.6 is 11.3 Å². The van der Waals surface area contributed by atoms with Crippen molar-refractivity contribution < 1.29 is 9.90 Å². The summed E-state index contributed by atoms with van der Waals surface area (Å²) in [5.74, 6) is -0.0951. The Bertz CT molecular complexity index is 1080. The molecule has 4 atom stereocenters. The number of anilines is 1. The average molecular weight is 448 g/mol. The molecular weight excluding hydrogens is 418 g/mol. The third-order valence-electron chi connectivity index (χ3n) is 6.64. The van der Waals surface area contributed by atoms with Crippen LogP contribution in [-0.2, 0) is 17.6 Å². The van der Waals surface area contributed by atoms with Crippen molar-refractivity contribution in [2.24, 2.45) is 0 Å². The van der Waals surface area contributed by atoms with Crippen molar-refractivity contribution in [2.45, 2.75) is 63.1 Å². The molecule has 0 spiro atoms. The van der Waals surface area contributed by atoms with Crippen LogP contribution in [-0.4, -0.2) is 28.1 Å². The van der Waals surface area contributed by atoms with Gasteiger partial charge in [0.2, 0.25) is 5.91 Å². The molecule has 5 nitrogen and oxygen atoms in total. The van der Waals surface area contributed by atoms with Gasteiger partial charge in [-0.15, -0.1) is 11.3 Å². The van der Waals surface area contributed by atoms with Crippen LogP contribution in [0.25, 0.3) is 0 Å². The number of benzene rings is 2. The van der Waals surface area contributed by atoms with Crippen LogP contribution in [0.3, 0.4) is 0 Å². The largest absolute Gasteiger partial charge is 0.387 e. The molecule has 0 saturated carbocycles. The maximum Gasteiger partial charge on any atom is 0.233 e. The van der Waals surface area contributed by atoms with E-state index in [2.05, 4.69) is 27.8 Å². The summed E-state index contributed by atoms with van der Waals surface area (Å²) in [5, 5.41) is 18.4. The van der Waals surface area contributed by atoms with Crippen molar-refractivity contribution >= 4 is 22.9 Å². The Labute approximate surface area is 192 Å². The average Bonchev–Trinajstić information content (AvgIpc) is 3.51. The zero-order valence-corrected chi connectivity index (χ0v) is 19.1. The van der Waals surface area contributed by atoms with E-state index in [1.807, 2.05) is 49.4 Å². The van der Waals surface area contributed by atoms with E-state index in [1.165, 1.54) is 10.4 Å². The molecule has 2 heterocycles. The summed E-state index contributed by atoms with van der Waals surface area (Å²) in [7, 11) is 0. The predicted octanol–water partition coefficient (Wildman–Crippen LogP) is 4.52. The van der Waals surface area contributed by atoms with Crippen LogP contribution < -0.4 is 10.6 Å². The summed E-state index contributed by atoms with van der Waals surface area (Å²) >= 11 is 1.71. The van der Waals surface area contributed by atoms with Crippen LogP contribution in [0.2, 0.25) is 0 Å². The lowest BCUT2D eigenvalue weighted by atomic mass is 10.0. The number of nitrogens with one attached hydrogen (secondary N) is 2. The third-order valence-corrected chi connectivity index (χ3v) is 7.69. The lowest BCUT2D eigenvalue weighted by molar-refractivity contribution is -0.117. The number of nitrogens with zero attached hydrogens (tertiary/aromatic N) is 1. The lowest BCUT2D eigenvalue weighted by Crippen LogP contribution is -2.35. The van der Waals surface area contributed by atoms with Gasteiger partial charge < -0.3 is 15.7 Å². The molecule has 3 aromatic rings. The Morgan fingerprint density at radius 1 is 1.16 bits per heavy atom. The molecule has 32 heavy (non-hydrogen) atoms. The second-order valence-electron chi connectivity index (χ2n) is 8.93. The standard InChI is InChI=1S/C26H29N3O2S/c1-16-27-24-21(12-14-23(24)32-16)26(31)29-19-9-7-17(8-10-19)15-20-11-13-22(28-20)25(30)18-5-3-2-4-6-18/h2-10,20-22,25,28,30H,11-15H2,1H3,(H,29,31)/t20-,21+,22+,25+/m0/s1. The normalized spacial score (nSPS) is 23.1. The summed E-state index contributed by atoms with van der Waals surface area (Å²) in [5.41, 5.74) is 4.00. The molecule has 166 valence electrons. The highest BCUT2D eigenvalue weighted by Gasteiger charge is 2.32. The fourth-order valence-electron chi connectivity index (χ4n) is 4.98. The van der Waals surface area contributed by atoms with Crippen molar-refractivity contribution in [1.29, 1.82) is 0 Å². The van der Waals surface area contributed by atoms with Gasteiger partial charge in [0.1, 0.15) is 0 Å². The molecule has 2 aromatic carbocycles. The number of aromatic nitrogens is 1. The highest BCUT2D eigenvalue weighted by molar-refractivity contribution is 7.11. The van der Waals surface area contributed by atoms with Gasteiger partial charge in [0.15, 0.2) is 0 Å². The molecule has 1 fully saturated rings. The number of aryl methyl sites for hydroxylation is 2. The third kappa shape index (κ3) is 4.49. The number of fused-ring (bicyclic) bond motifs is 1. The van der Waals surface area contributed by atoms with Gasteiger partial charge in [-0.2, -0.15) is 0 Å². The van der Waals surface area contributed by atoms with Crippen LogP contribution in [0.15, 0.2) is 54.6 Å². The topological polar surface area (TPSA) is 74.2 Å². The molecule has 1 saturated heterocycles. The van der Waals surface area contributed by atoms with E-state index >= 15 is 0 Å². The van der Waals surface area contributed by atoms with Crippen LogP contribution in [0.4, 0.5) is 5.69 Å². The summed E-state index contributed by atoms with van der Waals surface area (Å²) in [6.07, 6.45) is 4.25. The molecule has 3 N–H and O–H groups in total. The Hall–Kier alpha value is -2.54. The van der Waals surface area contributed by atoms with Crippen LogP contribution in [0.1, 0.15) is 58.0 Å². The molecule has 1 amide bonds. The number of thiazole rings is 1. The summed E-state index contributed by atoms with van der Waals surface area (Å²) in [6, 6.07) is 18.5. The molecule has 2 aliphatic rings. The van der Waals surface area contributed by atoms with E-state index in [0.29, 0.717) is 6.04 Å². The first-order valence-corrected chi connectivity index (χ1v) is 12.2. The van der Waals surface area contributed by atoms with Crippen molar-refractivity contribution in [3.8, 4) is 0 Å². The van der Waals surface area contributed by atoms with Gasteiger partial charge in [-0.1, -0.05) is 42.5 Å². The van der Waals surface area contributed by atoms with E-state index in [1.54, 1.807) is 11.3 Å². The van der Waals surface area contributed by atoms with E-state index in [-0.39, 0.29) is 17.9 Å². The highest BCUT2D eigenvalue weighted by Crippen LogP contribution is 2.37. The van der Waals surface area contributed by atoms with Gasteiger partial charge >= 0.3 is 0 Å². The second-order valence-corrected chi connectivity index (χ2v) is 10.2. The fourth-order valence-corrected chi connectivity index (χ4v) is 6.00. The van der Waals surface area contributed by atoms with E-state index in [9.17, 15) is 9.90 Å². The van der Waals surface area contributed by atoms with Crippen LogP contribution in [0, 0.1) is 6.92 Å². The van der Waals surface area contributed by atoms with Gasteiger partial charge in [0, 0.05) is 22.6 Å². The van der Waals surface area contributed by atoms with E-state index < -0.39 is 6.10 Å². The van der Waals surface area contributed by atoms with Gasteiger partial charge in [-0.25, -0.2) is 4.98 Å². The molecule has 1 aliphatic carbocycles. The molecule has 1 aliphatic heterocycles. The minimum absolute atomic E-state index is 0.0389. The molecule has 0 unspecified atom stereocenters. The molecule has 6 heteroatoms. The molecule has 5 rings (SSSR count). The number of rotatable bonds is 6. The minimum Gasteiger partial charge on any atom is -0.387 e. The van der Waals surface area contributed by atoms with E-state index in [0.717, 1.165) is 54.1 Å². The number of hydrogen-bond acceptors (Lipinski definition) is 5. The van der Waals surface area contributed by atoms with Crippen LogP contribution in [0.5, 0.6) is 0 Å². The summed E-state index contributed by atoms with van der Waals surface area (Å²) < 4.78 is 0. The maximum absolute atomic E-state index is 12.8. The SMILES string of the molecule is Cc1nc2c(s1)CC[C@H]2C(=O)Nc1ccc(C[C@@H]2CC[C@H]([C@H](O)c3ccccc3)N2)cc1. The van der Waals surface area contributed by atoms with E-state index in [4.69, 9.17) is 0 Å². The summed E-state index contributed by atoms with van der Waals surface area (Å²) in [4.78, 5) is 18.6. The van der Waals surface area contributed by atoms with Gasteiger partial charge in [0.25, 0.3) is 0 Å². The Morgan fingerprint density at radius 2 is 1.94 bits per heavy atom. The molecule has 1 aromatic heterocycles. The number of aliphatic hydroxyl groups excluding tert-OH is 1. The minimum atomic E-state index is -0.476. The molecule has 0 bridgehead atoms. The van der Waals surface area contributed by atoms with Crippen molar-refractivity contribution in [3.63, 3.8) is 0 Å². The predicted molar refractivity (Wildman–Crippen MR) is 128 cm³/mol. The maximum atomic E-state index is 12.8. The quantitative estimate of drug-likeness (QED) is 0.520. The monoisotopic (exact) mass is 447 g/mol. The first-order valence-electron chi connectivity index (χ1n) is 11.4. The molecule has 0 radical (unpaired) electrons. The number of amides is 1. The van der Waals surface area contributed by atoms with Gasteiger partial charge in [-0.05, 0) is 62.3 Å². The smallest absolute Gasteiger partial charge is 0.233 e. The number of hydrogen-bond donors (Lipinski definition) is 3. The van der Waals surface area contributed by atoms with Crippen molar-refractivity contribution in [2.75, 3.05) is 5.32 Å². The summed E-state index contributed by atoms with van der Waals surface area (Å²) in [6.45, 7) is 2.00. The van der Waals surface area contributed by atoms with Crippen molar-refractivity contribution in [1.82, 2.24) is 10.3 Å². The number of aliphatic hydroxyl groups is 1. The zero-order chi connectivity index (χ0) is 22.1. The first-order chi connectivity index (χ1) is 15.6. The lowest BCUT2D eigenvalue weighted by Gasteiger charge is -2.20. The molecular formula is C26H29N3O2S. The van der Waals surface area contributed by atoms with Gasteiger partial charge in [-0.3, -0.25) is 4.79 Å². The van der Waals surface area contributed by atoms with Gasteiger partial charge in [0.05, 0.1) is 22.7 Å². The zero-order valence-electron chi connectivity index (χ0n) is 18.3. The highest BCUT2D eigenvalue weighted by atomic mass is 32.1. The first kappa shape index (κ1) is 21.3.